The maximum atomic E-state index is 12.9. The van der Waals surface area contributed by atoms with Crippen molar-refractivity contribution in [3.8, 4) is 0 Å². The molecule has 4 heteroatoms. The number of hydrogen-bond donors (Lipinski definition) is 0. The smallest absolute Gasteiger partial charge is 0.192 e. The Morgan fingerprint density at radius 2 is 1.96 bits per heavy atom. The average Bonchev–Trinajstić information content (AvgIpc) is 2.41. The Bertz CT molecular complexity index is 447. The highest BCUT2D eigenvalue weighted by molar-refractivity contribution is 8.02. The lowest BCUT2D eigenvalue weighted by Gasteiger charge is -2.46. The highest BCUT2D eigenvalue weighted by Crippen LogP contribution is 2.44. The highest BCUT2D eigenvalue weighted by Gasteiger charge is 2.47. The van der Waals surface area contributed by atoms with E-state index in [-0.39, 0.29) is 16.9 Å². The average molecular weight is 357 g/mol. The van der Waals surface area contributed by atoms with E-state index in [2.05, 4.69) is 60.0 Å². The number of ketones is 1. The molecule has 0 spiro atoms. The van der Waals surface area contributed by atoms with E-state index in [1.54, 1.807) is 11.8 Å². The number of unbranched alkanes of at least 4 members (excludes halogenated alkanes) is 1. The minimum absolute atomic E-state index is 0.0497. The Balaban J connectivity index is 2.81. The molecular formula is C19H36O2SSi. The Hall–Kier alpha value is -0.0631. The van der Waals surface area contributed by atoms with Gasteiger partial charge in [-0.1, -0.05) is 48.0 Å². The van der Waals surface area contributed by atoms with Crippen molar-refractivity contribution in [1.82, 2.24) is 0 Å². The molecule has 2 nitrogen and oxygen atoms in total. The van der Waals surface area contributed by atoms with Crippen LogP contribution < -0.4 is 0 Å². The van der Waals surface area contributed by atoms with E-state index >= 15 is 0 Å². The van der Waals surface area contributed by atoms with Crippen molar-refractivity contribution >= 4 is 25.9 Å². The monoisotopic (exact) mass is 356 g/mol. The van der Waals surface area contributed by atoms with E-state index in [0.717, 1.165) is 24.2 Å². The van der Waals surface area contributed by atoms with Crippen LogP contribution in [0.15, 0.2) is 11.0 Å². The first-order valence-corrected chi connectivity index (χ1v) is 12.9. The van der Waals surface area contributed by atoms with Gasteiger partial charge in [-0.05, 0) is 48.6 Å². The highest BCUT2D eigenvalue weighted by atomic mass is 32.2. The number of allylic oxidation sites excluding steroid dienone is 1. The molecule has 0 aromatic carbocycles. The predicted octanol–water partition coefficient (Wildman–Crippen LogP) is 6.18. The van der Waals surface area contributed by atoms with Crippen molar-refractivity contribution in [2.24, 2.45) is 5.41 Å². The van der Waals surface area contributed by atoms with Crippen LogP contribution in [-0.2, 0) is 9.22 Å². The zero-order valence-electron chi connectivity index (χ0n) is 16.4. The van der Waals surface area contributed by atoms with Crippen molar-refractivity contribution in [2.75, 3.05) is 5.75 Å². The summed E-state index contributed by atoms with van der Waals surface area (Å²) >= 11 is 1.79. The summed E-state index contributed by atoms with van der Waals surface area (Å²) in [5.41, 5.74) is 0.594. The molecule has 0 unspecified atom stereocenters. The van der Waals surface area contributed by atoms with Crippen LogP contribution in [0.1, 0.15) is 67.2 Å². The number of Topliss-reactive ketones (excluding diaryl/α,β-unsaturated/α-hetero) is 1. The van der Waals surface area contributed by atoms with Crippen LogP contribution in [0, 0.1) is 5.41 Å². The van der Waals surface area contributed by atoms with Crippen molar-refractivity contribution < 1.29 is 9.22 Å². The molecular weight excluding hydrogens is 320 g/mol. The van der Waals surface area contributed by atoms with Gasteiger partial charge in [-0.15, -0.1) is 11.8 Å². The summed E-state index contributed by atoms with van der Waals surface area (Å²) in [4.78, 5) is 12.9. The number of thioether (sulfide) groups is 1. The molecule has 0 aromatic heterocycles. The molecule has 1 aliphatic rings. The van der Waals surface area contributed by atoms with Gasteiger partial charge in [-0.3, -0.25) is 4.79 Å². The lowest BCUT2D eigenvalue weighted by molar-refractivity contribution is -0.131. The second-order valence-corrected chi connectivity index (χ2v) is 14.6. The van der Waals surface area contributed by atoms with E-state index in [0.29, 0.717) is 0 Å². The molecule has 23 heavy (non-hydrogen) atoms. The van der Waals surface area contributed by atoms with Crippen LogP contribution in [0.25, 0.3) is 0 Å². The zero-order valence-corrected chi connectivity index (χ0v) is 18.2. The molecule has 0 heterocycles. The van der Waals surface area contributed by atoms with Gasteiger partial charge in [0.1, 0.15) is 0 Å². The van der Waals surface area contributed by atoms with Crippen LogP contribution in [0.4, 0.5) is 0 Å². The van der Waals surface area contributed by atoms with Gasteiger partial charge in [-0.25, -0.2) is 0 Å². The van der Waals surface area contributed by atoms with Crippen molar-refractivity contribution in [3.63, 3.8) is 0 Å². The van der Waals surface area contributed by atoms with Gasteiger partial charge in [0.2, 0.25) is 0 Å². The molecule has 0 bridgehead atoms. The molecule has 0 saturated heterocycles. The van der Waals surface area contributed by atoms with E-state index in [1.807, 2.05) is 0 Å². The van der Waals surface area contributed by atoms with Crippen LogP contribution >= 0.6 is 11.8 Å². The second-order valence-electron chi connectivity index (χ2n) is 8.82. The quantitative estimate of drug-likeness (QED) is 0.323. The van der Waals surface area contributed by atoms with Gasteiger partial charge >= 0.3 is 0 Å². The number of hydrogen-bond acceptors (Lipinski definition) is 3. The van der Waals surface area contributed by atoms with Crippen LogP contribution in [0.3, 0.4) is 0 Å². The standard InChI is InChI=1S/C19H36O2SSi/c1-9-10-13-22-14-15-11-12-16(19(5,6)17(15)20)21-23(7,8)18(2,3)4/h14,16H,9-13H2,1-8H3/b15-14-/t16-/m0/s1. The molecule has 0 amide bonds. The van der Waals surface area contributed by atoms with Crippen LogP contribution in [-0.4, -0.2) is 26.0 Å². The minimum Gasteiger partial charge on any atom is -0.413 e. The number of rotatable bonds is 6. The Morgan fingerprint density at radius 3 is 2.48 bits per heavy atom. The molecule has 1 fully saturated rings. The fourth-order valence-electron chi connectivity index (χ4n) is 2.56. The van der Waals surface area contributed by atoms with Gasteiger partial charge < -0.3 is 4.43 Å². The molecule has 1 saturated carbocycles. The van der Waals surface area contributed by atoms with Crippen molar-refractivity contribution in [3.05, 3.63) is 11.0 Å². The first kappa shape index (κ1) is 21.0. The summed E-state index contributed by atoms with van der Waals surface area (Å²) in [6.45, 7) is 17.7. The summed E-state index contributed by atoms with van der Waals surface area (Å²) in [5, 5.41) is 2.29. The third-order valence-corrected chi connectivity index (χ3v) is 10.9. The van der Waals surface area contributed by atoms with Crippen molar-refractivity contribution in [2.45, 2.75) is 91.5 Å². The summed E-state index contributed by atoms with van der Waals surface area (Å²) in [6.07, 6.45) is 4.29. The maximum absolute atomic E-state index is 12.9. The Labute approximate surface area is 149 Å². The van der Waals surface area contributed by atoms with Gasteiger partial charge in [0.15, 0.2) is 14.1 Å². The Kier molecular flexibility index (Phi) is 7.19. The van der Waals surface area contributed by atoms with E-state index < -0.39 is 13.7 Å². The summed E-state index contributed by atoms with van der Waals surface area (Å²) in [7, 11) is -1.85. The molecule has 0 aromatic rings. The third kappa shape index (κ3) is 5.20. The van der Waals surface area contributed by atoms with E-state index in [4.69, 9.17) is 4.43 Å². The molecule has 1 rings (SSSR count). The van der Waals surface area contributed by atoms with Crippen molar-refractivity contribution in [1.29, 1.82) is 0 Å². The van der Waals surface area contributed by atoms with E-state index in [9.17, 15) is 4.79 Å². The van der Waals surface area contributed by atoms with Gasteiger partial charge in [0.05, 0.1) is 11.5 Å². The lowest BCUT2D eigenvalue weighted by atomic mass is 9.72. The normalized spacial score (nSPS) is 24.3. The number of carbonyl (C=O) groups is 1. The van der Waals surface area contributed by atoms with Crippen LogP contribution in [0.2, 0.25) is 18.1 Å². The largest absolute Gasteiger partial charge is 0.413 e. The summed E-state index contributed by atoms with van der Waals surface area (Å²) < 4.78 is 6.60. The molecule has 1 aliphatic carbocycles. The first-order chi connectivity index (χ1) is 10.4. The fourth-order valence-corrected chi connectivity index (χ4v) is 5.04. The van der Waals surface area contributed by atoms with Gasteiger partial charge in [0.25, 0.3) is 0 Å². The molecule has 134 valence electrons. The van der Waals surface area contributed by atoms with Gasteiger partial charge in [0, 0.05) is 5.57 Å². The maximum Gasteiger partial charge on any atom is 0.192 e. The topological polar surface area (TPSA) is 26.3 Å². The number of carbonyl (C=O) groups excluding carboxylic acids is 1. The first-order valence-electron chi connectivity index (χ1n) is 8.96. The zero-order chi connectivity index (χ0) is 17.9. The molecule has 0 N–H and O–H groups in total. The molecule has 1 atom stereocenters. The third-order valence-electron chi connectivity index (χ3n) is 5.44. The Morgan fingerprint density at radius 1 is 1.35 bits per heavy atom. The predicted molar refractivity (Wildman–Crippen MR) is 106 cm³/mol. The summed E-state index contributed by atoms with van der Waals surface area (Å²) in [6, 6.07) is 0. The van der Waals surface area contributed by atoms with E-state index in [1.165, 1.54) is 12.8 Å². The fraction of sp³-hybridized carbons (Fsp3) is 0.842. The summed E-state index contributed by atoms with van der Waals surface area (Å²) in [5.74, 6) is 1.40. The second kappa shape index (κ2) is 7.88. The SMILES string of the molecule is CCCCS/C=C1/CC[C@H](O[Si](C)(C)C(C)(C)C)C(C)(C)C1=O. The lowest BCUT2D eigenvalue weighted by Crippen LogP contribution is -2.52. The van der Waals surface area contributed by atoms with Crippen LogP contribution in [0.5, 0.6) is 0 Å². The molecule has 0 radical (unpaired) electrons. The van der Waals surface area contributed by atoms with Gasteiger partial charge in [-0.2, -0.15) is 0 Å². The molecule has 0 aliphatic heterocycles. The minimum atomic E-state index is -1.85.